The van der Waals surface area contributed by atoms with Crippen molar-refractivity contribution in [3.63, 3.8) is 0 Å². The highest BCUT2D eigenvalue weighted by Gasteiger charge is 2.18. The largest absolute Gasteiger partial charge is 0.392 e. The van der Waals surface area contributed by atoms with Gasteiger partial charge in [0.1, 0.15) is 0 Å². The van der Waals surface area contributed by atoms with Gasteiger partial charge in [0, 0.05) is 13.6 Å². The third-order valence-corrected chi connectivity index (χ3v) is 4.77. The first-order chi connectivity index (χ1) is 13.5. The molecule has 1 unspecified atom stereocenters. The molecule has 8 nitrogen and oxygen atoms in total. The van der Waals surface area contributed by atoms with Crippen LogP contribution in [0.15, 0.2) is 52.1 Å². The van der Waals surface area contributed by atoms with Crippen molar-refractivity contribution < 1.29 is 5.11 Å². The minimum Gasteiger partial charge on any atom is -0.392 e. The number of aliphatic hydroxyl groups is 1. The van der Waals surface area contributed by atoms with Crippen LogP contribution in [0.2, 0.25) is 0 Å². The van der Waals surface area contributed by atoms with Gasteiger partial charge in [-0.2, -0.15) is 4.98 Å². The Labute approximate surface area is 160 Å². The lowest BCUT2D eigenvalue weighted by Gasteiger charge is -2.13. The van der Waals surface area contributed by atoms with Crippen LogP contribution in [-0.4, -0.2) is 36.9 Å². The fourth-order valence-corrected chi connectivity index (χ4v) is 3.36. The molecule has 0 bridgehead atoms. The van der Waals surface area contributed by atoms with Crippen LogP contribution >= 0.6 is 0 Å². The molecule has 2 aromatic carbocycles. The highest BCUT2D eigenvalue weighted by molar-refractivity contribution is 5.86. The first kappa shape index (κ1) is 18.0. The molecule has 4 rings (SSSR count). The van der Waals surface area contributed by atoms with Crippen molar-refractivity contribution in [1.29, 1.82) is 0 Å². The van der Waals surface area contributed by atoms with E-state index in [4.69, 9.17) is 0 Å². The van der Waals surface area contributed by atoms with Crippen molar-refractivity contribution in [1.82, 2.24) is 19.1 Å². The van der Waals surface area contributed by atoms with E-state index in [-0.39, 0.29) is 6.54 Å². The second-order valence-electron chi connectivity index (χ2n) is 6.88. The van der Waals surface area contributed by atoms with Gasteiger partial charge in [-0.15, -0.1) is 0 Å². The normalized spacial score (nSPS) is 12.5. The average Bonchev–Trinajstić information content (AvgIpc) is 3.04. The number of anilines is 1. The number of aliphatic hydroxyl groups excluding tert-OH is 1. The third-order valence-electron chi connectivity index (χ3n) is 4.77. The number of hydrogen-bond acceptors (Lipinski definition) is 5. The highest BCUT2D eigenvalue weighted by atomic mass is 16.3. The molecule has 0 fully saturated rings. The Balaban J connectivity index is 1.93. The molecule has 0 amide bonds. The van der Waals surface area contributed by atoms with Gasteiger partial charge >= 0.3 is 5.69 Å². The number of aryl methyl sites for hydroxylation is 1. The summed E-state index contributed by atoms with van der Waals surface area (Å²) in [5.41, 5.74) is 0.612. The second-order valence-corrected chi connectivity index (χ2v) is 6.88. The zero-order valence-corrected chi connectivity index (χ0v) is 15.6. The van der Waals surface area contributed by atoms with Gasteiger partial charge in [0.15, 0.2) is 11.2 Å². The standard InChI is InChI=1S/C20H21N5O3/c1-12(26)10-21-19-22-17-16(18(27)23-20(28)24(17)2)25(19)11-14-8-5-7-13-6-3-4-9-15(13)14/h3-9,12,26H,10-11H2,1-2H3,(H,21,22)(H,23,27,28). The summed E-state index contributed by atoms with van der Waals surface area (Å²) in [6.07, 6.45) is -0.590. The monoisotopic (exact) mass is 379 g/mol. The minimum absolute atomic E-state index is 0.269. The molecule has 2 heterocycles. The first-order valence-corrected chi connectivity index (χ1v) is 9.04. The first-order valence-electron chi connectivity index (χ1n) is 9.04. The minimum atomic E-state index is -0.590. The van der Waals surface area contributed by atoms with E-state index < -0.39 is 17.4 Å². The summed E-state index contributed by atoms with van der Waals surface area (Å²) in [5.74, 6) is 0.426. The van der Waals surface area contributed by atoms with E-state index >= 15 is 0 Å². The second kappa shape index (κ2) is 6.97. The number of aromatic nitrogens is 4. The van der Waals surface area contributed by atoms with Crippen molar-refractivity contribution in [3.8, 4) is 0 Å². The number of H-pyrrole nitrogens is 1. The Bertz CT molecular complexity index is 1280. The smallest absolute Gasteiger partial charge is 0.329 e. The van der Waals surface area contributed by atoms with Gasteiger partial charge < -0.3 is 10.4 Å². The van der Waals surface area contributed by atoms with E-state index in [9.17, 15) is 14.7 Å². The van der Waals surface area contributed by atoms with Gasteiger partial charge in [0.25, 0.3) is 5.56 Å². The van der Waals surface area contributed by atoms with Crippen LogP contribution in [0.5, 0.6) is 0 Å². The van der Waals surface area contributed by atoms with Crippen LogP contribution < -0.4 is 16.6 Å². The Morgan fingerprint density at radius 3 is 2.71 bits per heavy atom. The van der Waals surface area contributed by atoms with Crippen LogP contribution in [0.4, 0.5) is 5.95 Å². The summed E-state index contributed by atoms with van der Waals surface area (Å²) in [6, 6.07) is 14.0. The summed E-state index contributed by atoms with van der Waals surface area (Å²) < 4.78 is 3.06. The lowest BCUT2D eigenvalue weighted by molar-refractivity contribution is 0.208. The molecule has 0 aliphatic heterocycles. The van der Waals surface area contributed by atoms with E-state index in [1.807, 2.05) is 42.5 Å². The van der Waals surface area contributed by atoms with Crippen molar-refractivity contribution in [2.24, 2.45) is 7.05 Å². The number of aromatic amines is 1. The lowest BCUT2D eigenvalue weighted by Crippen LogP contribution is -2.29. The molecule has 0 spiro atoms. The lowest BCUT2D eigenvalue weighted by atomic mass is 10.0. The van der Waals surface area contributed by atoms with Crippen molar-refractivity contribution in [2.75, 3.05) is 11.9 Å². The Hall–Kier alpha value is -3.39. The average molecular weight is 379 g/mol. The molecule has 1 atom stereocenters. The summed E-state index contributed by atoms with van der Waals surface area (Å²) in [7, 11) is 1.56. The van der Waals surface area contributed by atoms with Crippen LogP contribution in [0.25, 0.3) is 21.9 Å². The SMILES string of the molecule is CC(O)CNc1nc2c(c(=O)[nH]c(=O)n2C)n1Cc1cccc2ccccc12. The third kappa shape index (κ3) is 3.07. The van der Waals surface area contributed by atoms with Gasteiger partial charge in [-0.3, -0.25) is 18.9 Å². The van der Waals surface area contributed by atoms with Crippen LogP contribution in [-0.2, 0) is 13.6 Å². The molecule has 4 aromatic rings. The van der Waals surface area contributed by atoms with E-state index in [0.29, 0.717) is 23.7 Å². The topological polar surface area (TPSA) is 105 Å². The van der Waals surface area contributed by atoms with Crippen molar-refractivity contribution in [2.45, 2.75) is 19.6 Å². The molecule has 3 N–H and O–H groups in total. The molecule has 144 valence electrons. The summed E-state index contributed by atoms with van der Waals surface area (Å²) >= 11 is 0. The molecule has 2 aromatic heterocycles. The number of benzene rings is 2. The van der Waals surface area contributed by atoms with E-state index in [0.717, 1.165) is 16.3 Å². The van der Waals surface area contributed by atoms with E-state index in [2.05, 4.69) is 15.3 Å². The van der Waals surface area contributed by atoms with Gasteiger partial charge in [-0.05, 0) is 23.3 Å². The van der Waals surface area contributed by atoms with Gasteiger partial charge in [-0.1, -0.05) is 42.5 Å². The van der Waals surface area contributed by atoms with Crippen molar-refractivity contribution in [3.05, 3.63) is 68.9 Å². The highest BCUT2D eigenvalue weighted by Crippen LogP contribution is 2.23. The summed E-state index contributed by atoms with van der Waals surface area (Å²) in [5, 5.41) is 14.9. The van der Waals surface area contributed by atoms with Crippen LogP contribution in [0, 0.1) is 0 Å². The molecule has 28 heavy (non-hydrogen) atoms. The number of imidazole rings is 1. The molecular weight excluding hydrogens is 358 g/mol. The maximum absolute atomic E-state index is 12.6. The van der Waals surface area contributed by atoms with Crippen molar-refractivity contribution >= 4 is 27.9 Å². The van der Waals surface area contributed by atoms with Crippen LogP contribution in [0.3, 0.4) is 0 Å². The number of rotatable bonds is 5. The molecule has 8 heteroatoms. The summed E-state index contributed by atoms with van der Waals surface area (Å²) in [6.45, 7) is 2.32. The zero-order chi connectivity index (χ0) is 19.8. The van der Waals surface area contributed by atoms with Crippen LogP contribution in [0.1, 0.15) is 12.5 Å². The Kier molecular flexibility index (Phi) is 4.48. The fourth-order valence-electron chi connectivity index (χ4n) is 3.36. The number of fused-ring (bicyclic) bond motifs is 2. The fraction of sp³-hybridized carbons (Fsp3) is 0.250. The molecule has 0 saturated carbocycles. The summed E-state index contributed by atoms with van der Waals surface area (Å²) in [4.78, 5) is 31.3. The molecule has 0 saturated heterocycles. The Morgan fingerprint density at radius 1 is 1.18 bits per heavy atom. The van der Waals surface area contributed by atoms with Gasteiger partial charge in [-0.25, -0.2) is 4.79 Å². The quantitative estimate of drug-likeness (QED) is 0.486. The van der Waals surface area contributed by atoms with E-state index in [1.165, 1.54) is 4.57 Å². The predicted octanol–water partition coefficient (Wildman–Crippen LogP) is 1.42. The van der Waals surface area contributed by atoms with Gasteiger partial charge in [0.05, 0.1) is 12.6 Å². The Morgan fingerprint density at radius 2 is 1.93 bits per heavy atom. The number of nitrogens with zero attached hydrogens (tertiary/aromatic N) is 3. The number of hydrogen-bond donors (Lipinski definition) is 3. The molecular formula is C20H21N5O3. The molecule has 0 aliphatic carbocycles. The number of nitrogens with one attached hydrogen (secondary N) is 2. The predicted molar refractivity (Wildman–Crippen MR) is 109 cm³/mol. The molecule has 0 radical (unpaired) electrons. The maximum Gasteiger partial charge on any atom is 0.329 e. The zero-order valence-electron chi connectivity index (χ0n) is 15.6. The molecule has 0 aliphatic rings. The maximum atomic E-state index is 12.6. The van der Waals surface area contributed by atoms with Gasteiger partial charge in [0.2, 0.25) is 5.95 Å². The van der Waals surface area contributed by atoms with E-state index in [1.54, 1.807) is 18.5 Å².